The van der Waals surface area contributed by atoms with Gasteiger partial charge in [-0.25, -0.2) is 4.98 Å². The summed E-state index contributed by atoms with van der Waals surface area (Å²) in [7, 11) is 1.62. The van der Waals surface area contributed by atoms with Crippen LogP contribution in [-0.2, 0) is 0 Å². The summed E-state index contributed by atoms with van der Waals surface area (Å²) in [5, 5.41) is 1.68. The highest BCUT2D eigenvalue weighted by molar-refractivity contribution is 5.98. The molecule has 0 fully saturated rings. The number of rotatable bonds is 5. The van der Waals surface area contributed by atoms with E-state index in [9.17, 15) is 4.79 Å². The number of H-pyrrole nitrogens is 1. The molecule has 1 N–H and O–H groups in total. The Labute approximate surface area is 208 Å². The van der Waals surface area contributed by atoms with E-state index in [2.05, 4.69) is 29.2 Å². The molecule has 0 spiro atoms. The van der Waals surface area contributed by atoms with E-state index >= 15 is 0 Å². The van der Waals surface area contributed by atoms with Crippen molar-refractivity contribution in [3.8, 4) is 22.7 Å². The summed E-state index contributed by atoms with van der Waals surface area (Å²) in [6.45, 7) is 0. The molecular formula is C31H23N3O2. The summed E-state index contributed by atoms with van der Waals surface area (Å²) < 4.78 is 6.96. The van der Waals surface area contributed by atoms with Crippen LogP contribution < -0.4 is 10.3 Å². The fraction of sp³-hybridized carbons (Fsp3) is 0.0323. The summed E-state index contributed by atoms with van der Waals surface area (Å²) >= 11 is 0. The van der Waals surface area contributed by atoms with Gasteiger partial charge in [0.05, 0.1) is 29.4 Å². The molecule has 0 saturated carbocycles. The van der Waals surface area contributed by atoms with Gasteiger partial charge < -0.3 is 9.72 Å². The van der Waals surface area contributed by atoms with Crippen LogP contribution in [0.25, 0.3) is 50.9 Å². The fourth-order valence-corrected chi connectivity index (χ4v) is 4.57. The number of nitrogens with zero attached hydrogens (tertiary/aromatic N) is 2. The van der Waals surface area contributed by atoms with E-state index in [4.69, 9.17) is 9.72 Å². The highest BCUT2D eigenvalue weighted by atomic mass is 16.5. The smallest absolute Gasteiger partial charge is 0.266 e. The number of fused-ring (bicyclic) bond motifs is 2. The van der Waals surface area contributed by atoms with E-state index < -0.39 is 0 Å². The molecule has 2 aromatic heterocycles. The highest BCUT2D eigenvalue weighted by Crippen LogP contribution is 2.32. The molecule has 0 unspecified atom stereocenters. The Kier molecular flexibility index (Phi) is 5.43. The lowest BCUT2D eigenvalue weighted by Crippen LogP contribution is -2.22. The molecule has 0 saturated heterocycles. The maximum atomic E-state index is 13.6. The Morgan fingerprint density at radius 3 is 2.25 bits per heavy atom. The van der Waals surface area contributed by atoms with Crippen molar-refractivity contribution < 1.29 is 4.74 Å². The lowest BCUT2D eigenvalue weighted by Gasteiger charge is -2.12. The number of methoxy groups -OCH3 is 1. The van der Waals surface area contributed by atoms with Crippen molar-refractivity contribution >= 4 is 34.0 Å². The number of para-hydroxylation sites is 2. The zero-order valence-electron chi connectivity index (χ0n) is 19.7. The van der Waals surface area contributed by atoms with Crippen molar-refractivity contribution in [2.45, 2.75) is 0 Å². The molecule has 0 bridgehead atoms. The minimum Gasteiger partial charge on any atom is -0.497 e. The van der Waals surface area contributed by atoms with Crippen LogP contribution in [0.15, 0.2) is 108 Å². The van der Waals surface area contributed by atoms with Gasteiger partial charge >= 0.3 is 0 Å². The fourth-order valence-electron chi connectivity index (χ4n) is 4.57. The van der Waals surface area contributed by atoms with Crippen LogP contribution in [0.2, 0.25) is 0 Å². The van der Waals surface area contributed by atoms with E-state index in [1.54, 1.807) is 11.7 Å². The van der Waals surface area contributed by atoms with Crippen molar-refractivity contribution in [2.75, 3.05) is 7.11 Å². The topological polar surface area (TPSA) is 59.9 Å². The van der Waals surface area contributed by atoms with Crippen molar-refractivity contribution in [3.05, 3.63) is 125 Å². The second kappa shape index (κ2) is 9.04. The molecule has 0 radical (unpaired) electrons. The van der Waals surface area contributed by atoms with Gasteiger partial charge in [0.15, 0.2) is 0 Å². The number of nitrogens with one attached hydrogen (secondary N) is 1. The molecular weight excluding hydrogens is 446 g/mol. The van der Waals surface area contributed by atoms with E-state index in [0.717, 1.165) is 39.2 Å². The summed E-state index contributed by atoms with van der Waals surface area (Å²) in [6, 6.07) is 33.3. The molecule has 174 valence electrons. The maximum Gasteiger partial charge on any atom is 0.266 e. The Balaban J connectivity index is 1.57. The Hall–Kier alpha value is -4.90. The molecule has 6 rings (SSSR count). The average molecular weight is 470 g/mol. The van der Waals surface area contributed by atoms with Crippen molar-refractivity contribution in [2.24, 2.45) is 0 Å². The minimum atomic E-state index is -0.118. The van der Waals surface area contributed by atoms with Gasteiger partial charge in [0.25, 0.3) is 5.56 Å². The largest absolute Gasteiger partial charge is 0.497 e. The molecule has 5 nitrogen and oxygen atoms in total. The molecule has 0 amide bonds. The van der Waals surface area contributed by atoms with E-state index in [1.165, 1.54) is 0 Å². The molecule has 4 aromatic carbocycles. The van der Waals surface area contributed by atoms with Crippen molar-refractivity contribution in [1.82, 2.24) is 14.5 Å². The summed E-state index contributed by atoms with van der Waals surface area (Å²) in [4.78, 5) is 22.1. The van der Waals surface area contributed by atoms with Gasteiger partial charge in [-0.2, -0.15) is 0 Å². The van der Waals surface area contributed by atoms with Gasteiger partial charge in [0.2, 0.25) is 0 Å². The van der Waals surface area contributed by atoms with Crippen molar-refractivity contribution in [1.29, 1.82) is 0 Å². The monoisotopic (exact) mass is 469 g/mol. The third-order valence-electron chi connectivity index (χ3n) is 6.34. The second-order valence-electron chi connectivity index (χ2n) is 8.48. The molecule has 0 aliphatic carbocycles. The van der Waals surface area contributed by atoms with Gasteiger partial charge in [0, 0.05) is 16.5 Å². The van der Waals surface area contributed by atoms with E-state index in [-0.39, 0.29) is 5.56 Å². The van der Waals surface area contributed by atoms with Crippen LogP contribution in [0, 0.1) is 0 Å². The number of benzene rings is 4. The van der Waals surface area contributed by atoms with Gasteiger partial charge in [-0.1, -0.05) is 60.7 Å². The Bertz CT molecular complexity index is 1780. The quantitative estimate of drug-likeness (QED) is 0.305. The lowest BCUT2D eigenvalue weighted by atomic mass is 10.0. The lowest BCUT2D eigenvalue weighted by molar-refractivity contribution is 0.414. The third kappa shape index (κ3) is 3.77. The first-order valence-electron chi connectivity index (χ1n) is 11.7. The Morgan fingerprint density at radius 2 is 1.47 bits per heavy atom. The van der Waals surface area contributed by atoms with Gasteiger partial charge in [-0.3, -0.25) is 9.36 Å². The SMILES string of the molecule is COc1ccc(-n2c(/C=C/c3c(-c4ccccc4)[nH]c4ccccc34)nc3ccccc3c2=O)cc1. The summed E-state index contributed by atoms with van der Waals surface area (Å²) in [6.07, 6.45) is 3.96. The van der Waals surface area contributed by atoms with Crippen molar-refractivity contribution in [3.63, 3.8) is 0 Å². The van der Waals surface area contributed by atoms with Crippen LogP contribution in [0.3, 0.4) is 0 Å². The maximum absolute atomic E-state index is 13.6. The zero-order valence-corrected chi connectivity index (χ0v) is 19.7. The zero-order chi connectivity index (χ0) is 24.5. The standard InChI is InChI=1S/C31H23N3O2/c1-36-23-17-15-22(16-18-23)34-29(32-28-14-8-6-12-26(28)31(34)35)20-19-25-24-11-5-7-13-27(24)33-30(25)21-9-3-2-4-10-21/h2-20,33H,1H3/b20-19+. The van der Waals surface area contributed by atoms with Crippen LogP contribution in [0.1, 0.15) is 11.4 Å². The molecule has 0 aliphatic rings. The number of hydrogen-bond acceptors (Lipinski definition) is 3. The summed E-state index contributed by atoms with van der Waals surface area (Å²) in [5.41, 5.74) is 5.47. The van der Waals surface area contributed by atoms with Crippen LogP contribution in [-0.4, -0.2) is 21.6 Å². The average Bonchev–Trinajstić information content (AvgIpc) is 3.31. The van der Waals surface area contributed by atoms with E-state index in [0.29, 0.717) is 16.7 Å². The van der Waals surface area contributed by atoms with E-state index in [1.807, 2.05) is 91.0 Å². The molecule has 2 heterocycles. The third-order valence-corrected chi connectivity index (χ3v) is 6.34. The number of aromatic nitrogens is 3. The number of ether oxygens (including phenoxy) is 1. The van der Waals surface area contributed by atoms with Crippen LogP contribution in [0.5, 0.6) is 5.75 Å². The first-order valence-corrected chi connectivity index (χ1v) is 11.7. The van der Waals surface area contributed by atoms with Gasteiger partial charge in [0.1, 0.15) is 11.6 Å². The molecule has 0 atom stereocenters. The number of aromatic amines is 1. The number of hydrogen-bond donors (Lipinski definition) is 1. The first kappa shape index (κ1) is 21.6. The van der Waals surface area contributed by atoms with Crippen LogP contribution in [0.4, 0.5) is 0 Å². The minimum absolute atomic E-state index is 0.118. The molecule has 6 aromatic rings. The molecule has 0 aliphatic heterocycles. The second-order valence-corrected chi connectivity index (χ2v) is 8.48. The van der Waals surface area contributed by atoms with Crippen LogP contribution >= 0.6 is 0 Å². The van der Waals surface area contributed by atoms with Gasteiger partial charge in [-0.05, 0) is 60.2 Å². The molecule has 36 heavy (non-hydrogen) atoms. The summed E-state index contributed by atoms with van der Waals surface area (Å²) in [5.74, 6) is 1.28. The first-order chi connectivity index (χ1) is 17.7. The highest BCUT2D eigenvalue weighted by Gasteiger charge is 2.14. The predicted octanol–water partition coefficient (Wildman–Crippen LogP) is 6.71. The molecule has 5 heteroatoms. The normalized spacial score (nSPS) is 11.5. The Morgan fingerprint density at radius 1 is 0.778 bits per heavy atom. The van der Waals surface area contributed by atoms with Gasteiger partial charge in [-0.15, -0.1) is 0 Å². The predicted molar refractivity (Wildman–Crippen MR) is 147 cm³/mol.